The van der Waals surface area contributed by atoms with Crippen LogP contribution in [-0.4, -0.2) is 0 Å². The first kappa shape index (κ1) is 41.4. The van der Waals surface area contributed by atoms with Crippen LogP contribution in [0.25, 0.3) is 44.3 Å². The second-order valence-electron chi connectivity index (χ2n) is 19.5. The number of benzene rings is 11. The Kier molecular flexibility index (Phi) is 9.09. The van der Waals surface area contributed by atoms with Crippen molar-refractivity contribution in [2.24, 2.45) is 0 Å². The molecule has 0 N–H and O–H groups in total. The Morgan fingerprint density at radius 2 is 0.712 bits per heavy atom. The molecule has 342 valence electrons. The average molecular weight is 931 g/mol. The van der Waals surface area contributed by atoms with Gasteiger partial charge in [0.1, 0.15) is 16.8 Å². The quantitative estimate of drug-likeness (QED) is 0.151. The molecule has 0 aliphatic heterocycles. The Labute approximate surface area is 425 Å². The third-order valence-electron chi connectivity index (χ3n) is 15.9. The lowest BCUT2D eigenvalue weighted by Gasteiger charge is -2.36. The molecular formula is C70H46N2O. The second kappa shape index (κ2) is 16.0. The van der Waals surface area contributed by atoms with Crippen LogP contribution in [0.2, 0.25) is 0 Å². The number of nitrogens with zero attached hydrogens (tertiary/aromatic N) is 2. The maximum atomic E-state index is 7.42. The maximum absolute atomic E-state index is 7.42. The topological polar surface area (TPSA) is 19.6 Å². The molecule has 15 rings (SSSR count). The van der Waals surface area contributed by atoms with Gasteiger partial charge in [0.15, 0.2) is 0 Å². The first-order chi connectivity index (χ1) is 36.2. The highest BCUT2D eigenvalue weighted by Gasteiger charge is 2.57. The smallest absolute Gasteiger partial charge is 0.135 e. The first-order valence-corrected chi connectivity index (χ1v) is 25.3. The van der Waals surface area contributed by atoms with Gasteiger partial charge in [0.2, 0.25) is 0 Å². The van der Waals surface area contributed by atoms with Crippen LogP contribution in [0.4, 0.5) is 34.1 Å². The summed E-state index contributed by atoms with van der Waals surface area (Å²) in [7, 11) is 0. The largest absolute Gasteiger partial charge is 0.459 e. The monoisotopic (exact) mass is 930 g/mol. The molecule has 12 aromatic rings. The molecule has 1 atom stereocenters. The fourth-order valence-electron chi connectivity index (χ4n) is 13.1. The van der Waals surface area contributed by atoms with E-state index < -0.39 is 10.8 Å². The molecule has 3 aliphatic rings. The maximum Gasteiger partial charge on any atom is 0.135 e. The van der Waals surface area contributed by atoms with Gasteiger partial charge in [-0.3, -0.25) is 0 Å². The van der Waals surface area contributed by atoms with Crippen LogP contribution in [-0.2, 0) is 10.8 Å². The van der Waals surface area contributed by atoms with E-state index in [4.69, 9.17) is 4.42 Å². The molecule has 1 heterocycles. The summed E-state index contributed by atoms with van der Waals surface area (Å²) in [5.41, 5.74) is 21.9. The van der Waals surface area contributed by atoms with Gasteiger partial charge in [-0.2, -0.15) is 0 Å². The molecule has 73 heavy (non-hydrogen) atoms. The van der Waals surface area contributed by atoms with E-state index in [2.05, 4.69) is 289 Å². The number of para-hydroxylation sites is 4. The van der Waals surface area contributed by atoms with Gasteiger partial charge in [0.05, 0.1) is 11.1 Å². The van der Waals surface area contributed by atoms with Gasteiger partial charge < -0.3 is 14.2 Å². The Morgan fingerprint density at radius 1 is 0.288 bits per heavy atom. The van der Waals surface area contributed by atoms with Crippen molar-refractivity contribution in [2.45, 2.75) is 10.8 Å². The van der Waals surface area contributed by atoms with E-state index in [-0.39, 0.29) is 0 Å². The van der Waals surface area contributed by atoms with Crippen molar-refractivity contribution in [2.75, 3.05) is 9.80 Å². The van der Waals surface area contributed by atoms with Crippen LogP contribution in [0.1, 0.15) is 44.7 Å². The minimum Gasteiger partial charge on any atom is -0.459 e. The van der Waals surface area contributed by atoms with Gasteiger partial charge in [0.25, 0.3) is 0 Å². The van der Waals surface area contributed by atoms with Crippen molar-refractivity contribution < 1.29 is 4.42 Å². The van der Waals surface area contributed by atoms with E-state index >= 15 is 0 Å². The van der Waals surface area contributed by atoms with Crippen molar-refractivity contribution in [3.8, 4) is 33.4 Å². The molecule has 11 aromatic carbocycles. The molecule has 0 radical (unpaired) electrons. The number of anilines is 6. The molecule has 1 unspecified atom stereocenters. The molecular weight excluding hydrogens is 885 g/mol. The predicted molar refractivity (Wildman–Crippen MR) is 299 cm³/mol. The lowest BCUT2D eigenvalue weighted by Crippen LogP contribution is -2.29. The number of furan rings is 1. The van der Waals surface area contributed by atoms with Crippen molar-refractivity contribution in [1.29, 1.82) is 0 Å². The van der Waals surface area contributed by atoms with E-state index in [9.17, 15) is 0 Å². The average Bonchev–Trinajstić information content (AvgIpc) is 4.17. The minimum atomic E-state index is -0.832. The molecule has 3 nitrogen and oxygen atoms in total. The highest BCUT2D eigenvalue weighted by atomic mass is 16.3. The zero-order valence-electron chi connectivity index (χ0n) is 39.9. The van der Waals surface area contributed by atoms with Gasteiger partial charge in [-0.1, -0.05) is 206 Å². The Bertz CT molecular complexity index is 4010. The Balaban J connectivity index is 1.02. The summed E-state index contributed by atoms with van der Waals surface area (Å²) in [5.74, 6) is 0.956. The summed E-state index contributed by atoms with van der Waals surface area (Å²) in [6.45, 7) is 0. The number of fused-ring (bicyclic) bond motifs is 15. The van der Waals surface area contributed by atoms with Gasteiger partial charge in [-0.15, -0.1) is 0 Å². The fraction of sp³-hybridized carbons (Fsp3) is 0.0286. The van der Waals surface area contributed by atoms with E-state index in [0.29, 0.717) is 0 Å². The molecule has 3 heteroatoms. The third-order valence-corrected chi connectivity index (χ3v) is 15.9. The van der Waals surface area contributed by atoms with Gasteiger partial charge >= 0.3 is 0 Å². The summed E-state index contributed by atoms with van der Waals surface area (Å²) < 4.78 is 7.42. The van der Waals surface area contributed by atoms with Gasteiger partial charge in [-0.25, -0.2) is 0 Å². The number of rotatable bonds is 8. The highest BCUT2D eigenvalue weighted by molar-refractivity contribution is 6.07. The summed E-state index contributed by atoms with van der Waals surface area (Å²) in [6, 6.07) is 102. The molecule has 0 fully saturated rings. The van der Waals surface area contributed by atoms with Crippen molar-refractivity contribution >= 4 is 45.1 Å². The fourth-order valence-corrected chi connectivity index (χ4v) is 13.1. The SMILES string of the molecule is c1ccc(N(c2ccc3c(c2)C(c2ccccc2)(c2ccccc2)c2ccccc2-3)c2ccc3c(c2)C2(c4ccccc4-3)c3oc4ccccc4c3-c3cccc(N(c4ccccc4)c4ccccc4)c32)cc1. The molecule has 0 saturated heterocycles. The summed E-state index contributed by atoms with van der Waals surface area (Å²) in [4.78, 5) is 4.90. The predicted octanol–water partition coefficient (Wildman–Crippen LogP) is 18.1. The normalized spacial score (nSPS) is 15.0. The van der Waals surface area contributed by atoms with Crippen LogP contribution in [0.5, 0.6) is 0 Å². The van der Waals surface area contributed by atoms with Crippen LogP contribution < -0.4 is 9.80 Å². The summed E-state index contributed by atoms with van der Waals surface area (Å²) in [6.07, 6.45) is 0. The van der Waals surface area contributed by atoms with Crippen LogP contribution in [0.15, 0.2) is 283 Å². The molecule has 0 saturated carbocycles. The number of hydrogen-bond donors (Lipinski definition) is 0. The summed E-state index contributed by atoms with van der Waals surface area (Å²) >= 11 is 0. The van der Waals surface area contributed by atoms with Crippen molar-refractivity contribution in [3.63, 3.8) is 0 Å². The van der Waals surface area contributed by atoms with Crippen LogP contribution >= 0.6 is 0 Å². The van der Waals surface area contributed by atoms with Crippen LogP contribution in [0.3, 0.4) is 0 Å². The molecule has 1 aromatic heterocycles. The Morgan fingerprint density at radius 3 is 1.27 bits per heavy atom. The minimum absolute atomic E-state index is 0.554. The van der Waals surface area contributed by atoms with E-state index in [1.165, 1.54) is 66.8 Å². The van der Waals surface area contributed by atoms with E-state index in [0.717, 1.165) is 56.4 Å². The lowest BCUT2D eigenvalue weighted by atomic mass is 9.67. The zero-order valence-corrected chi connectivity index (χ0v) is 39.9. The Hall–Kier alpha value is -9.44. The standard InChI is InChI=1S/C70H46N2O/c1-6-23-47(24-7-1)69(48-25-8-2-9-26-48)60-37-19-16-33-54(60)56-43-41-52(45-62(56)69)71(49-27-10-3-11-28-49)53-42-44-57-55-34-17-20-38-61(55)70(63(57)46-53)67-59(66-58-35-18-21-40-65(58)73-68(66)70)36-22-39-64(67)72(50-29-12-4-13-30-50)51-31-14-5-15-32-51/h1-46H. The van der Waals surface area contributed by atoms with E-state index in [1.807, 2.05) is 0 Å². The molecule has 0 amide bonds. The lowest BCUT2D eigenvalue weighted by molar-refractivity contribution is 0.507. The highest BCUT2D eigenvalue weighted by Crippen LogP contribution is 2.68. The number of hydrogen-bond acceptors (Lipinski definition) is 3. The van der Waals surface area contributed by atoms with Crippen LogP contribution in [0, 0.1) is 0 Å². The van der Waals surface area contributed by atoms with Gasteiger partial charge in [-0.05, 0) is 134 Å². The molecule has 0 bridgehead atoms. The first-order valence-electron chi connectivity index (χ1n) is 25.3. The van der Waals surface area contributed by atoms with Crippen molar-refractivity contribution in [3.05, 3.63) is 324 Å². The van der Waals surface area contributed by atoms with Gasteiger partial charge in [0, 0.05) is 45.0 Å². The second-order valence-corrected chi connectivity index (χ2v) is 19.5. The van der Waals surface area contributed by atoms with Crippen molar-refractivity contribution in [1.82, 2.24) is 0 Å². The van der Waals surface area contributed by atoms with E-state index in [1.54, 1.807) is 0 Å². The third kappa shape index (κ3) is 5.76. The molecule has 1 spiro atoms. The molecule has 3 aliphatic carbocycles. The summed E-state index contributed by atoms with van der Waals surface area (Å²) in [5, 5.41) is 1.12. The zero-order chi connectivity index (χ0) is 48.1.